The minimum absolute atomic E-state index is 0.124. The number of rotatable bonds is 3. The fourth-order valence-electron chi connectivity index (χ4n) is 1.69. The smallest absolute Gasteiger partial charge is 0.283 e. The number of aryl methyl sites for hydroxylation is 1. The molecule has 0 atom stereocenters. The molecular weight excluding hydrogens is 272 g/mol. The standard InChI is InChI=1S/C12H11F2N3OS/c1-7-5-3-4-6-8(7)17(2)12(18)10-9(11(13)14)15-16-19-10/h3-6,11H,1-2H3. The predicted octanol–water partition coefficient (Wildman–Crippen LogP) is 3.06. The van der Waals surface area contributed by atoms with Crippen LogP contribution < -0.4 is 4.90 Å². The summed E-state index contributed by atoms with van der Waals surface area (Å²) in [7, 11) is 1.54. The van der Waals surface area contributed by atoms with E-state index in [0.717, 1.165) is 5.56 Å². The van der Waals surface area contributed by atoms with Crippen LogP contribution in [0, 0.1) is 6.92 Å². The summed E-state index contributed by atoms with van der Waals surface area (Å²) in [6, 6.07) is 7.23. The number of benzene rings is 1. The SMILES string of the molecule is Cc1ccccc1N(C)C(=O)c1snnc1C(F)F. The Morgan fingerprint density at radius 1 is 1.37 bits per heavy atom. The first-order valence-corrected chi connectivity index (χ1v) is 6.23. The van der Waals surface area contributed by atoms with Gasteiger partial charge in [0.15, 0.2) is 5.69 Å². The van der Waals surface area contributed by atoms with Gasteiger partial charge in [-0.05, 0) is 30.1 Å². The molecule has 0 fully saturated rings. The molecule has 7 heteroatoms. The van der Waals surface area contributed by atoms with Crippen LogP contribution in [0.2, 0.25) is 0 Å². The van der Waals surface area contributed by atoms with Gasteiger partial charge in [0.2, 0.25) is 0 Å². The van der Waals surface area contributed by atoms with Gasteiger partial charge in [0, 0.05) is 12.7 Å². The highest BCUT2D eigenvalue weighted by Gasteiger charge is 2.26. The lowest BCUT2D eigenvalue weighted by molar-refractivity contribution is 0.0981. The van der Waals surface area contributed by atoms with Gasteiger partial charge in [-0.1, -0.05) is 22.7 Å². The van der Waals surface area contributed by atoms with E-state index in [9.17, 15) is 13.6 Å². The first-order valence-electron chi connectivity index (χ1n) is 5.46. The molecule has 100 valence electrons. The Balaban J connectivity index is 2.34. The molecule has 0 bridgehead atoms. The molecule has 2 aromatic rings. The Bertz CT molecular complexity index is 600. The minimum Gasteiger partial charge on any atom is -0.310 e. The van der Waals surface area contributed by atoms with Gasteiger partial charge in [-0.2, -0.15) is 0 Å². The van der Waals surface area contributed by atoms with Gasteiger partial charge in [-0.15, -0.1) is 5.10 Å². The van der Waals surface area contributed by atoms with Crippen LogP contribution in [0.25, 0.3) is 0 Å². The molecule has 1 heterocycles. The van der Waals surface area contributed by atoms with E-state index in [1.54, 1.807) is 19.2 Å². The maximum Gasteiger partial charge on any atom is 0.283 e. The van der Waals surface area contributed by atoms with Crippen LogP contribution >= 0.6 is 11.5 Å². The van der Waals surface area contributed by atoms with Crippen LogP contribution in [0.3, 0.4) is 0 Å². The Morgan fingerprint density at radius 3 is 2.68 bits per heavy atom. The number of carbonyl (C=O) groups excluding carboxylic acids is 1. The second kappa shape index (κ2) is 5.40. The number of amides is 1. The van der Waals surface area contributed by atoms with E-state index >= 15 is 0 Å². The minimum atomic E-state index is -2.80. The number of anilines is 1. The number of hydrogen-bond acceptors (Lipinski definition) is 4. The maximum absolute atomic E-state index is 12.7. The van der Waals surface area contributed by atoms with Crippen LogP contribution in [0.4, 0.5) is 14.5 Å². The fourth-order valence-corrected chi connectivity index (χ4v) is 2.34. The Morgan fingerprint density at radius 2 is 2.05 bits per heavy atom. The third-order valence-corrected chi connectivity index (χ3v) is 3.43. The summed E-state index contributed by atoms with van der Waals surface area (Å²) in [5.74, 6) is -0.528. The van der Waals surface area contributed by atoms with E-state index < -0.39 is 18.0 Å². The van der Waals surface area contributed by atoms with E-state index in [2.05, 4.69) is 9.59 Å². The van der Waals surface area contributed by atoms with E-state index in [1.807, 2.05) is 19.1 Å². The second-order valence-corrected chi connectivity index (χ2v) is 4.69. The van der Waals surface area contributed by atoms with E-state index in [0.29, 0.717) is 17.2 Å². The van der Waals surface area contributed by atoms with Crippen LogP contribution in [0.5, 0.6) is 0 Å². The molecule has 19 heavy (non-hydrogen) atoms. The van der Waals surface area contributed by atoms with Crippen molar-refractivity contribution in [3.8, 4) is 0 Å². The topological polar surface area (TPSA) is 46.1 Å². The molecule has 0 radical (unpaired) electrons. The maximum atomic E-state index is 12.7. The van der Waals surface area contributed by atoms with Crippen molar-refractivity contribution in [1.82, 2.24) is 9.59 Å². The lowest BCUT2D eigenvalue weighted by atomic mass is 10.2. The number of nitrogens with zero attached hydrogens (tertiary/aromatic N) is 3. The third kappa shape index (κ3) is 2.60. The van der Waals surface area contributed by atoms with Crippen molar-refractivity contribution < 1.29 is 13.6 Å². The second-order valence-electron chi connectivity index (χ2n) is 3.94. The molecule has 0 aliphatic heterocycles. The van der Waals surface area contributed by atoms with Crippen molar-refractivity contribution in [3.05, 3.63) is 40.4 Å². The Kier molecular flexibility index (Phi) is 3.84. The van der Waals surface area contributed by atoms with Gasteiger partial charge < -0.3 is 4.90 Å². The van der Waals surface area contributed by atoms with Crippen molar-refractivity contribution in [3.63, 3.8) is 0 Å². The lowest BCUT2D eigenvalue weighted by Crippen LogP contribution is -2.27. The van der Waals surface area contributed by atoms with Gasteiger partial charge in [-0.3, -0.25) is 4.79 Å². The summed E-state index contributed by atoms with van der Waals surface area (Å²) in [6.07, 6.45) is -2.80. The van der Waals surface area contributed by atoms with Crippen molar-refractivity contribution in [2.75, 3.05) is 11.9 Å². The Hall–Kier alpha value is -1.89. The highest BCUT2D eigenvalue weighted by atomic mass is 32.1. The summed E-state index contributed by atoms with van der Waals surface area (Å²) in [5.41, 5.74) is 0.992. The monoisotopic (exact) mass is 283 g/mol. The van der Waals surface area contributed by atoms with Gasteiger partial charge in [-0.25, -0.2) is 8.78 Å². The molecule has 0 unspecified atom stereocenters. The normalized spacial score (nSPS) is 10.8. The van der Waals surface area contributed by atoms with Crippen LogP contribution in [0.15, 0.2) is 24.3 Å². The molecular formula is C12H11F2N3OS. The van der Waals surface area contributed by atoms with Gasteiger partial charge in [0.1, 0.15) is 4.88 Å². The van der Waals surface area contributed by atoms with Gasteiger partial charge in [0.05, 0.1) is 0 Å². The Labute approximate surface area is 112 Å². The molecule has 0 N–H and O–H groups in total. The molecule has 0 aliphatic rings. The quantitative estimate of drug-likeness (QED) is 0.869. The number of para-hydroxylation sites is 1. The largest absolute Gasteiger partial charge is 0.310 e. The highest BCUT2D eigenvalue weighted by molar-refractivity contribution is 7.08. The zero-order valence-corrected chi connectivity index (χ0v) is 11.1. The molecule has 2 rings (SSSR count). The summed E-state index contributed by atoms with van der Waals surface area (Å²) >= 11 is 0.683. The molecule has 0 aliphatic carbocycles. The molecule has 0 spiro atoms. The predicted molar refractivity (Wildman–Crippen MR) is 68.8 cm³/mol. The van der Waals surface area contributed by atoms with Crippen molar-refractivity contribution in [2.45, 2.75) is 13.3 Å². The highest BCUT2D eigenvalue weighted by Crippen LogP contribution is 2.26. The van der Waals surface area contributed by atoms with Crippen molar-refractivity contribution >= 4 is 23.1 Å². The van der Waals surface area contributed by atoms with E-state index in [4.69, 9.17) is 0 Å². The number of alkyl halides is 2. The van der Waals surface area contributed by atoms with Crippen molar-refractivity contribution in [2.24, 2.45) is 0 Å². The lowest BCUT2D eigenvalue weighted by Gasteiger charge is -2.18. The summed E-state index contributed by atoms with van der Waals surface area (Å²) in [4.78, 5) is 13.4. The zero-order chi connectivity index (χ0) is 14.0. The average molecular weight is 283 g/mol. The first kappa shape index (κ1) is 13.5. The van der Waals surface area contributed by atoms with Gasteiger partial charge >= 0.3 is 0 Å². The van der Waals surface area contributed by atoms with Crippen LogP contribution in [-0.2, 0) is 0 Å². The zero-order valence-electron chi connectivity index (χ0n) is 10.3. The summed E-state index contributed by atoms with van der Waals surface area (Å²) < 4.78 is 28.8. The van der Waals surface area contributed by atoms with Gasteiger partial charge in [0.25, 0.3) is 12.3 Å². The van der Waals surface area contributed by atoms with Crippen LogP contribution in [0.1, 0.15) is 27.4 Å². The molecule has 1 amide bonds. The van der Waals surface area contributed by atoms with E-state index in [-0.39, 0.29) is 4.88 Å². The number of halogens is 2. The molecule has 0 saturated heterocycles. The molecule has 1 aromatic carbocycles. The van der Waals surface area contributed by atoms with E-state index in [1.165, 1.54) is 4.90 Å². The molecule has 0 saturated carbocycles. The summed E-state index contributed by atoms with van der Waals surface area (Å²) in [6.45, 7) is 1.85. The third-order valence-electron chi connectivity index (χ3n) is 2.70. The molecule has 4 nitrogen and oxygen atoms in total. The first-order chi connectivity index (χ1) is 9.02. The fraction of sp³-hybridized carbons (Fsp3) is 0.250. The number of hydrogen-bond donors (Lipinski definition) is 0. The average Bonchev–Trinajstić information content (AvgIpc) is 2.87. The molecule has 1 aromatic heterocycles. The number of aromatic nitrogens is 2. The van der Waals surface area contributed by atoms with Crippen LogP contribution in [-0.4, -0.2) is 22.5 Å². The number of carbonyl (C=O) groups is 1. The summed E-state index contributed by atoms with van der Waals surface area (Å²) in [5, 5.41) is 3.31. The van der Waals surface area contributed by atoms with Crippen molar-refractivity contribution in [1.29, 1.82) is 0 Å².